The zero-order chi connectivity index (χ0) is 15.0. The average Bonchev–Trinajstić information content (AvgIpc) is 3.00. The number of allylic oxidation sites excluding steroid dienone is 2. The van der Waals surface area contributed by atoms with Crippen molar-refractivity contribution in [3.63, 3.8) is 0 Å². The number of nitrogens with zero attached hydrogens (tertiary/aromatic N) is 1. The van der Waals surface area contributed by atoms with E-state index in [4.69, 9.17) is 32.7 Å². The summed E-state index contributed by atoms with van der Waals surface area (Å²) in [7, 11) is 2.83. The number of alkyl halides is 1. The first-order valence-electron chi connectivity index (χ1n) is 5.88. The van der Waals surface area contributed by atoms with Gasteiger partial charge in [-0.15, -0.1) is 18.2 Å². The number of methoxy groups -OCH3 is 2. The highest BCUT2D eigenvalue weighted by Crippen LogP contribution is 2.51. The lowest BCUT2D eigenvalue weighted by molar-refractivity contribution is -0.595. The fourth-order valence-corrected chi connectivity index (χ4v) is 3.38. The lowest BCUT2D eigenvalue weighted by atomic mass is 9.93. The van der Waals surface area contributed by atoms with Gasteiger partial charge in [0.2, 0.25) is 12.1 Å². The highest BCUT2D eigenvalue weighted by atomic mass is 35.5. The summed E-state index contributed by atoms with van der Waals surface area (Å²) in [5.41, 5.74) is 0.340. The Morgan fingerprint density at radius 3 is 2.60 bits per heavy atom. The van der Waals surface area contributed by atoms with E-state index in [2.05, 4.69) is 11.6 Å². The normalized spacial score (nSPS) is 25.3. The van der Waals surface area contributed by atoms with Gasteiger partial charge in [0.25, 0.3) is 5.79 Å². The van der Waals surface area contributed by atoms with Crippen molar-refractivity contribution in [2.75, 3.05) is 14.2 Å². The van der Waals surface area contributed by atoms with E-state index in [1.54, 1.807) is 23.3 Å². The number of rotatable bonds is 5. The van der Waals surface area contributed by atoms with Crippen molar-refractivity contribution >= 4 is 34.7 Å². The van der Waals surface area contributed by atoms with Crippen molar-refractivity contribution in [2.24, 2.45) is 0 Å². The molecule has 1 aliphatic carbocycles. The van der Waals surface area contributed by atoms with Crippen molar-refractivity contribution in [2.45, 2.75) is 17.1 Å². The molecule has 20 heavy (non-hydrogen) atoms. The van der Waals surface area contributed by atoms with E-state index >= 15 is 0 Å². The van der Waals surface area contributed by atoms with E-state index in [1.165, 1.54) is 20.3 Å². The van der Waals surface area contributed by atoms with E-state index in [9.17, 15) is 4.79 Å². The maximum Gasteiger partial charge on any atom is 0.261 e. The summed E-state index contributed by atoms with van der Waals surface area (Å²) in [5.74, 6) is -1.95. The van der Waals surface area contributed by atoms with Crippen LogP contribution in [0.25, 0.3) is 5.70 Å². The molecule has 1 unspecified atom stereocenters. The van der Waals surface area contributed by atoms with E-state index < -0.39 is 16.4 Å². The fourth-order valence-electron chi connectivity index (χ4n) is 2.50. The van der Waals surface area contributed by atoms with Crippen LogP contribution >= 0.6 is 23.2 Å². The number of ether oxygens (including phenoxy) is 2. The molecule has 108 valence electrons. The molecule has 2 rings (SSSR count). The van der Waals surface area contributed by atoms with Gasteiger partial charge in [0.1, 0.15) is 17.4 Å². The minimum absolute atomic E-state index is 0.0184. The lowest BCUT2D eigenvalue weighted by Crippen LogP contribution is -2.58. The van der Waals surface area contributed by atoms with Gasteiger partial charge in [0.15, 0.2) is 10.6 Å². The molecule has 0 spiro atoms. The number of H-pyrrole nitrogens is 1. The third-order valence-corrected chi connectivity index (χ3v) is 4.33. The Labute approximate surface area is 126 Å². The molecule has 0 radical (unpaired) electrons. The summed E-state index contributed by atoms with van der Waals surface area (Å²) in [6, 6.07) is 0. The molecule has 1 aromatic heterocycles. The Balaban J connectivity index is 2.71. The smallest absolute Gasteiger partial charge is 0.261 e. The Bertz CT molecular complexity index is 564. The summed E-state index contributed by atoms with van der Waals surface area (Å²) >= 11 is 12.7. The van der Waals surface area contributed by atoms with Gasteiger partial charge in [-0.25, -0.2) is 4.98 Å². The van der Waals surface area contributed by atoms with Gasteiger partial charge >= 0.3 is 0 Å². The number of Topliss-reactive ketones (excluding diaryl/α,β-unsaturated/α-hetero) is 1. The molecule has 1 atom stereocenters. The Morgan fingerprint density at radius 1 is 1.50 bits per heavy atom. The molecule has 1 N–H and O–H groups in total. The number of carbonyl (C=O) groups is 1. The Kier molecular flexibility index (Phi) is 4.07. The number of hydrogen-bond donors (Lipinski definition) is 1. The number of ketones is 1. The summed E-state index contributed by atoms with van der Waals surface area (Å²) in [6.07, 6.45) is 6.68. The van der Waals surface area contributed by atoms with Crippen LogP contribution in [0.2, 0.25) is 0 Å². The number of carbonyl (C=O) groups excluding carboxylic acids is 1. The van der Waals surface area contributed by atoms with Crippen LogP contribution in [0.1, 0.15) is 6.42 Å². The summed E-state index contributed by atoms with van der Waals surface area (Å²) in [4.78, 5) is 13.9. The third kappa shape index (κ3) is 1.78. The van der Waals surface area contributed by atoms with Crippen molar-refractivity contribution in [1.29, 1.82) is 0 Å². The van der Waals surface area contributed by atoms with E-state index in [0.29, 0.717) is 5.70 Å². The second-order valence-corrected chi connectivity index (χ2v) is 5.35. The first-order chi connectivity index (χ1) is 9.48. The van der Waals surface area contributed by atoms with Gasteiger partial charge in [-0.2, -0.15) is 4.57 Å². The largest absolute Gasteiger partial charge is 0.345 e. The number of aromatic nitrogens is 2. The standard InChI is InChI=1S/C13H14Cl2N2O3/c1-4-5-12(15)11(18)9(14)10(13(12,19-2)20-3)17-7-6-16-8-17/h4,6-8H,1,5H2,2-3H3/p+1. The monoisotopic (exact) mass is 317 g/mol. The van der Waals surface area contributed by atoms with Crippen LogP contribution < -0.4 is 4.57 Å². The molecule has 0 amide bonds. The predicted molar refractivity (Wildman–Crippen MR) is 75.2 cm³/mol. The number of halogens is 2. The second kappa shape index (κ2) is 5.33. The van der Waals surface area contributed by atoms with E-state index in [1.807, 2.05) is 0 Å². The predicted octanol–water partition coefficient (Wildman–Crippen LogP) is 1.84. The molecule has 1 heterocycles. The number of aromatic amines is 1. The minimum atomic E-state index is -1.50. The van der Waals surface area contributed by atoms with Gasteiger partial charge < -0.3 is 9.47 Å². The van der Waals surface area contributed by atoms with Crippen LogP contribution in [0.4, 0.5) is 0 Å². The van der Waals surface area contributed by atoms with Gasteiger partial charge in [0.05, 0.1) is 0 Å². The molecule has 0 saturated heterocycles. The topological polar surface area (TPSA) is 55.2 Å². The van der Waals surface area contributed by atoms with Crippen molar-refractivity contribution in [3.8, 4) is 0 Å². The highest BCUT2D eigenvalue weighted by Gasteiger charge is 2.68. The second-order valence-electron chi connectivity index (χ2n) is 4.33. The van der Waals surface area contributed by atoms with Gasteiger partial charge in [-0.05, 0) is 6.42 Å². The number of nitrogens with one attached hydrogen (secondary N) is 1. The molecule has 0 fully saturated rings. The van der Waals surface area contributed by atoms with E-state index in [-0.39, 0.29) is 11.5 Å². The van der Waals surface area contributed by atoms with Crippen molar-refractivity contribution in [1.82, 2.24) is 4.98 Å². The third-order valence-electron chi connectivity index (χ3n) is 3.40. The van der Waals surface area contributed by atoms with Crippen molar-refractivity contribution in [3.05, 3.63) is 36.4 Å². The first kappa shape index (κ1) is 15.3. The maximum absolute atomic E-state index is 12.5. The molecule has 0 bridgehead atoms. The SMILES string of the molecule is C=CCC1(Cl)C(=O)C(Cl)=C([n+]2cc[nH]c2)C1(OC)OC. The summed E-state index contributed by atoms with van der Waals surface area (Å²) in [5, 5.41) is -0.0184. The van der Waals surface area contributed by atoms with Gasteiger partial charge in [0, 0.05) is 14.2 Å². The summed E-state index contributed by atoms with van der Waals surface area (Å²) in [6.45, 7) is 3.63. The molecule has 1 aromatic rings. The van der Waals surface area contributed by atoms with Crippen LogP contribution in [-0.4, -0.2) is 35.6 Å². The quantitative estimate of drug-likeness (QED) is 0.390. The molecule has 7 heteroatoms. The Morgan fingerprint density at radius 2 is 2.15 bits per heavy atom. The molecule has 0 aliphatic heterocycles. The van der Waals surface area contributed by atoms with E-state index in [0.717, 1.165) is 0 Å². The maximum atomic E-state index is 12.5. The number of hydrogen-bond acceptors (Lipinski definition) is 3. The summed E-state index contributed by atoms with van der Waals surface area (Å²) < 4.78 is 12.6. The zero-order valence-corrected chi connectivity index (χ0v) is 12.7. The van der Waals surface area contributed by atoms with Crippen LogP contribution in [0.5, 0.6) is 0 Å². The van der Waals surface area contributed by atoms with Crippen LogP contribution in [-0.2, 0) is 14.3 Å². The molecule has 1 aliphatic rings. The van der Waals surface area contributed by atoms with Gasteiger partial charge in [-0.1, -0.05) is 17.7 Å². The van der Waals surface area contributed by atoms with Crippen LogP contribution in [0, 0.1) is 0 Å². The molecule has 0 saturated carbocycles. The number of imidazole rings is 1. The zero-order valence-electron chi connectivity index (χ0n) is 11.2. The molecular formula is C13H15Cl2N2O3+. The molecular weight excluding hydrogens is 303 g/mol. The molecule has 5 nitrogen and oxygen atoms in total. The Hall–Kier alpha value is -1.14. The average molecular weight is 318 g/mol. The van der Waals surface area contributed by atoms with Crippen LogP contribution in [0.3, 0.4) is 0 Å². The first-order valence-corrected chi connectivity index (χ1v) is 6.63. The van der Waals surface area contributed by atoms with Crippen molar-refractivity contribution < 1.29 is 18.8 Å². The highest BCUT2D eigenvalue weighted by molar-refractivity contribution is 6.55. The van der Waals surface area contributed by atoms with Gasteiger partial charge in [-0.3, -0.25) is 4.79 Å². The lowest BCUT2D eigenvalue weighted by Gasteiger charge is -2.37. The van der Waals surface area contributed by atoms with Crippen LogP contribution in [0.15, 0.2) is 36.4 Å². The fraction of sp³-hybridized carbons (Fsp3) is 0.385. The minimum Gasteiger partial charge on any atom is -0.345 e. The molecule has 0 aromatic carbocycles.